The Labute approximate surface area is 131 Å². The van der Waals surface area contributed by atoms with Crippen molar-refractivity contribution in [2.75, 3.05) is 21.2 Å². The average Bonchev–Trinajstić information content (AvgIpc) is 2.53. The first-order chi connectivity index (χ1) is 10.9. The van der Waals surface area contributed by atoms with Crippen LogP contribution in [0.15, 0.2) is 30.5 Å². The average molecular weight is 318 g/mol. The van der Waals surface area contributed by atoms with Crippen molar-refractivity contribution in [2.45, 2.75) is 0 Å². The van der Waals surface area contributed by atoms with E-state index in [1.807, 2.05) is 0 Å². The van der Waals surface area contributed by atoms with Crippen LogP contribution in [0.5, 0.6) is 17.6 Å². The number of methoxy groups -OCH3 is 1. The third kappa shape index (κ3) is 3.70. The Balaban J connectivity index is 2.37. The van der Waals surface area contributed by atoms with Gasteiger partial charge in [0, 0.05) is 19.7 Å². The molecule has 1 aromatic heterocycles. The summed E-state index contributed by atoms with van der Waals surface area (Å²) in [7, 11) is 4.58. The zero-order valence-electron chi connectivity index (χ0n) is 12.7. The van der Waals surface area contributed by atoms with Crippen molar-refractivity contribution in [2.24, 2.45) is 0 Å². The minimum Gasteiger partial charge on any atom is -0.467 e. The standard InChI is InChI=1S/C14H14N4O5/c1-17(2)13(19)9-5-4-6-10(7-9)23-12-11(18(20)21)8-15-14(16-12)22-3/h4-8H,1-3H3. The molecular formula is C14H14N4O5. The van der Waals surface area contributed by atoms with Crippen LogP contribution in [0.2, 0.25) is 0 Å². The van der Waals surface area contributed by atoms with Crippen LogP contribution < -0.4 is 9.47 Å². The van der Waals surface area contributed by atoms with Crippen LogP contribution >= 0.6 is 0 Å². The second-order valence-corrected chi connectivity index (χ2v) is 4.63. The maximum atomic E-state index is 11.9. The Morgan fingerprint density at radius 2 is 2.09 bits per heavy atom. The van der Waals surface area contributed by atoms with Gasteiger partial charge in [-0.3, -0.25) is 14.9 Å². The van der Waals surface area contributed by atoms with E-state index in [2.05, 4.69) is 9.97 Å². The van der Waals surface area contributed by atoms with Crippen molar-refractivity contribution in [1.29, 1.82) is 0 Å². The van der Waals surface area contributed by atoms with Crippen molar-refractivity contribution < 1.29 is 19.2 Å². The summed E-state index contributed by atoms with van der Waals surface area (Å²) >= 11 is 0. The molecule has 0 aliphatic rings. The minimum atomic E-state index is -0.663. The fourth-order valence-corrected chi connectivity index (χ4v) is 1.71. The quantitative estimate of drug-likeness (QED) is 0.611. The molecule has 0 saturated carbocycles. The highest BCUT2D eigenvalue weighted by Gasteiger charge is 2.20. The molecular weight excluding hydrogens is 304 g/mol. The summed E-state index contributed by atoms with van der Waals surface area (Å²) in [6.07, 6.45) is 0.996. The highest BCUT2D eigenvalue weighted by atomic mass is 16.6. The lowest BCUT2D eigenvalue weighted by molar-refractivity contribution is -0.386. The first-order valence-electron chi connectivity index (χ1n) is 6.47. The number of hydrogen-bond donors (Lipinski definition) is 0. The van der Waals surface area contributed by atoms with E-state index < -0.39 is 10.6 Å². The highest BCUT2D eigenvalue weighted by Crippen LogP contribution is 2.30. The van der Waals surface area contributed by atoms with E-state index in [1.54, 1.807) is 32.3 Å². The summed E-state index contributed by atoms with van der Waals surface area (Å²) in [4.78, 5) is 31.2. The lowest BCUT2D eigenvalue weighted by atomic mass is 10.2. The number of carbonyl (C=O) groups excluding carboxylic acids is 1. The molecule has 0 unspecified atom stereocenters. The summed E-state index contributed by atoms with van der Waals surface area (Å²) in [5.41, 5.74) is -0.0219. The van der Waals surface area contributed by atoms with Gasteiger partial charge in [-0.2, -0.15) is 9.97 Å². The SMILES string of the molecule is COc1ncc([N+](=O)[O-])c(Oc2cccc(C(=O)N(C)C)c2)n1. The van der Waals surface area contributed by atoms with Gasteiger partial charge in [0.25, 0.3) is 5.91 Å². The first-order valence-corrected chi connectivity index (χ1v) is 6.47. The molecule has 0 spiro atoms. The van der Waals surface area contributed by atoms with Crippen LogP contribution in [0, 0.1) is 10.1 Å². The van der Waals surface area contributed by atoms with Gasteiger partial charge in [-0.15, -0.1) is 0 Å². The van der Waals surface area contributed by atoms with Crippen LogP contribution in [0.3, 0.4) is 0 Å². The van der Waals surface area contributed by atoms with Gasteiger partial charge >= 0.3 is 17.6 Å². The van der Waals surface area contributed by atoms with Crippen molar-refractivity contribution in [3.63, 3.8) is 0 Å². The number of amides is 1. The molecule has 0 fully saturated rings. The van der Waals surface area contributed by atoms with E-state index in [0.717, 1.165) is 6.20 Å². The Morgan fingerprint density at radius 1 is 1.35 bits per heavy atom. The number of hydrogen-bond acceptors (Lipinski definition) is 7. The number of ether oxygens (including phenoxy) is 2. The summed E-state index contributed by atoms with van der Waals surface area (Å²) in [6, 6.07) is 6.19. The maximum Gasteiger partial charge on any atom is 0.349 e. The third-order valence-corrected chi connectivity index (χ3v) is 2.79. The van der Waals surface area contributed by atoms with Gasteiger partial charge in [0.2, 0.25) is 0 Å². The molecule has 0 radical (unpaired) electrons. The highest BCUT2D eigenvalue weighted by molar-refractivity contribution is 5.94. The number of benzene rings is 1. The van der Waals surface area contributed by atoms with Gasteiger partial charge in [-0.25, -0.2) is 0 Å². The van der Waals surface area contributed by atoms with Gasteiger partial charge in [0.1, 0.15) is 11.9 Å². The number of nitro groups is 1. The summed E-state index contributed by atoms with van der Waals surface area (Å²) in [5, 5.41) is 11.0. The smallest absolute Gasteiger partial charge is 0.349 e. The van der Waals surface area contributed by atoms with Crippen LogP contribution in [-0.2, 0) is 0 Å². The zero-order valence-corrected chi connectivity index (χ0v) is 12.7. The predicted octanol–water partition coefficient (Wildman–Crippen LogP) is 1.89. The van der Waals surface area contributed by atoms with Crippen molar-refractivity contribution >= 4 is 11.6 Å². The largest absolute Gasteiger partial charge is 0.467 e. The van der Waals surface area contributed by atoms with E-state index in [1.165, 1.54) is 18.1 Å². The summed E-state index contributed by atoms with van der Waals surface area (Å²) < 4.78 is 10.3. The molecule has 2 aromatic rings. The van der Waals surface area contributed by atoms with E-state index >= 15 is 0 Å². The fourth-order valence-electron chi connectivity index (χ4n) is 1.71. The predicted molar refractivity (Wildman–Crippen MR) is 79.8 cm³/mol. The minimum absolute atomic E-state index is 0.0638. The van der Waals surface area contributed by atoms with Crippen molar-refractivity contribution in [3.05, 3.63) is 46.1 Å². The van der Waals surface area contributed by atoms with Gasteiger partial charge in [-0.1, -0.05) is 6.07 Å². The molecule has 23 heavy (non-hydrogen) atoms. The van der Waals surface area contributed by atoms with Gasteiger partial charge in [0.05, 0.1) is 12.0 Å². The Kier molecular flexibility index (Phi) is 4.69. The molecule has 1 aromatic carbocycles. The second-order valence-electron chi connectivity index (χ2n) is 4.63. The lowest BCUT2D eigenvalue weighted by Gasteiger charge is -2.11. The van der Waals surface area contributed by atoms with Gasteiger partial charge < -0.3 is 14.4 Å². The Bertz CT molecular complexity index is 748. The first kappa shape index (κ1) is 16.1. The second kappa shape index (κ2) is 6.69. The monoisotopic (exact) mass is 318 g/mol. The van der Waals surface area contributed by atoms with E-state index in [4.69, 9.17) is 9.47 Å². The summed E-state index contributed by atoms with van der Waals surface area (Å²) in [6.45, 7) is 0. The molecule has 0 bridgehead atoms. The normalized spacial score (nSPS) is 10.0. The van der Waals surface area contributed by atoms with E-state index in [9.17, 15) is 14.9 Å². The lowest BCUT2D eigenvalue weighted by Crippen LogP contribution is -2.21. The Hall–Kier alpha value is -3.23. The number of rotatable bonds is 5. The maximum absolute atomic E-state index is 11.9. The van der Waals surface area contributed by atoms with Crippen LogP contribution in [0.25, 0.3) is 0 Å². The molecule has 9 nitrogen and oxygen atoms in total. The van der Waals surface area contributed by atoms with E-state index in [-0.39, 0.29) is 23.5 Å². The molecule has 9 heteroatoms. The van der Waals surface area contributed by atoms with Crippen molar-refractivity contribution in [3.8, 4) is 17.6 Å². The molecule has 0 aliphatic heterocycles. The van der Waals surface area contributed by atoms with Crippen LogP contribution in [0.4, 0.5) is 5.69 Å². The molecule has 0 N–H and O–H groups in total. The fraction of sp³-hybridized carbons (Fsp3) is 0.214. The van der Waals surface area contributed by atoms with Crippen LogP contribution in [0.1, 0.15) is 10.4 Å². The zero-order chi connectivity index (χ0) is 17.0. The molecule has 0 atom stereocenters. The molecule has 0 aliphatic carbocycles. The third-order valence-electron chi connectivity index (χ3n) is 2.79. The topological polar surface area (TPSA) is 108 Å². The molecule has 0 saturated heterocycles. The Morgan fingerprint density at radius 3 is 2.70 bits per heavy atom. The number of aromatic nitrogens is 2. The van der Waals surface area contributed by atoms with Gasteiger partial charge in [-0.05, 0) is 18.2 Å². The van der Waals surface area contributed by atoms with Crippen LogP contribution in [-0.4, -0.2) is 46.9 Å². The number of nitrogens with zero attached hydrogens (tertiary/aromatic N) is 4. The molecule has 1 amide bonds. The van der Waals surface area contributed by atoms with E-state index in [0.29, 0.717) is 5.56 Å². The molecule has 120 valence electrons. The summed E-state index contributed by atoms with van der Waals surface area (Å²) in [5.74, 6) is -0.247. The van der Waals surface area contributed by atoms with Crippen molar-refractivity contribution in [1.82, 2.24) is 14.9 Å². The van der Waals surface area contributed by atoms with Gasteiger partial charge in [0.15, 0.2) is 0 Å². The number of carbonyl (C=O) groups is 1. The molecule has 2 rings (SSSR count). The molecule has 1 heterocycles.